The molecule has 4 rings (SSSR count). The highest BCUT2D eigenvalue weighted by Gasteiger charge is 2.59. The van der Waals surface area contributed by atoms with E-state index in [9.17, 15) is 45.6 Å². The standard InChI is InChI=1S/C26H51N7O13/c27-2-1-8(35)6-32-15-19(39)17(37)11(5-28)43-23(15)45-21-9(29)3-10(33-25(41)26(42)4-13(26)30)22(20(21)40)46-24-18(38)14(31)16(36)12(7-34)44-24/h8-24,32,34-40,42H,1-7,27-31H2,(H,33,41). The molecule has 20 nitrogen and oxygen atoms in total. The van der Waals surface area contributed by atoms with Gasteiger partial charge in [-0.1, -0.05) is 0 Å². The molecule has 2 heterocycles. The third-order valence-electron chi connectivity index (χ3n) is 9.25. The predicted octanol–water partition coefficient (Wildman–Crippen LogP) is -9.36. The lowest BCUT2D eigenvalue weighted by Gasteiger charge is -2.49. The fourth-order valence-corrected chi connectivity index (χ4v) is 6.13. The molecule has 0 aromatic carbocycles. The van der Waals surface area contributed by atoms with Gasteiger partial charge in [-0.3, -0.25) is 4.79 Å². The van der Waals surface area contributed by atoms with Crippen molar-refractivity contribution in [2.24, 2.45) is 28.7 Å². The summed E-state index contributed by atoms with van der Waals surface area (Å²) < 4.78 is 23.5. The van der Waals surface area contributed by atoms with Crippen LogP contribution in [-0.4, -0.2) is 182 Å². The Morgan fingerprint density at radius 3 is 2.13 bits per heavy atom. The molecule has 2 aliphatic heterocycles. The molecule has 1 amide bonds. The molecule has 4 aliphatic rings. The van der Waals surface area contributed by atoms with E-state index in [1.54, 1.807) is 0 Å². The molecule has 2 aliphatic carbocycles. The highest BCUT2D eigenvalue weighted by atomic mass is 16.7. The Balaban J connectivity index is 1.58. The molecule has 268 valence electrons. The van der Waals surface area contributed by atoms with Crippen molar-refractivity contribution in [2.45, 2.75) is 129 Å². The summed E-state index contributed by atoms with van der Waals surface area (Å²) in [4.78, 5) is 12.9. The molecule has 0 radical (unpaired) electrons. The first-order valence-corrected chi connectivity index (χ1v) is 15.4. The van der Waals surface area contributed by atoms with Gasteiger partial charge in [0.25, 0.3) is 5.91 Å². The average Bonchev–Trinajstić information content (AvgIpc) is 3.65. The SMILES string of the molecule is NCCC(O)CNC1C(OC2C(N)CC(NC(=O)C3(O)CC3N)C(OC3OC(CO)C(O)C(N)C3O)C2O)OC(CN)C(O)C1O. The Bertz CT molecular complexity index is 1010. The van der Waals surface area contributed by atoms with Crippen LogP contribution in [0.5, 0.6) is 0 Å². The Morgan fingerprint density at radius 1 is 0.913 bits per heavy atom. The van der Waals surface area contributed by atoms with Crippen molar-refractivity contribution < 1.29 is 64.6 Å². The van der Waals surface area contributed by atoms with E-state index < -0.39 is 122 Å². The van der Waals surface area contributed by atoms with Gasteiger partial charge in [-0.15, -0.1) is 0 Å². The van der Waals surface area contributed by atoms with Crippen molar-refractivity contribution in [1.82, 2.24) is 10.6 Å². The maximum absolute atomic E-state index is 12.9. The zero-order valence-corrected chi connectivity index (χ0v) is 25.3. The Hall–Kier alpha value is -1.25. The van der Waals surface area contributed by atoms with E-state index in [2.05, 4.69) is 10.6 Å². The van der Waals surface area contributed by atoms with Gasteiger partial charge in [-0.2, -0.15) is 0 Å². The van der Waals surface area contributed by atoms with Crippen LogP contribution in [0, 0.1) is 0 Å². The monoisotopic (exact) mass is 669 g/mol. The van der Waals surface area contributed by atoms with Crippen molar-refractivity contribution in [3.8, 4) is 0 Å². The van der Waals surface area contributed by atoms with Crippen molar-refractivity contribution in [1.29, 1.82) is 0 Å². The van der Waals surface area contributed by atoms with Crippen LogP contribution in [0.2, 0.25) is 0 Å². The lowest BCUT2D eigenvalue weighted by atomic mass is 9.83. The van der Waals surface area contributed by atoms with Crippen LogP contribution >= 0.6 is 0 Å². The number of amides is 1. The van der Waals surface area contributed by atoms with E-state index in [0.717, 1.165) is 0 Å². The molecule has 46 heavy (non-hydrogen) atoms. The van der Waals surface area contributed by atoms with E-state index in [1.165, 1.54) is 0 Å². The van der Waals surface area contributed by atoms with Crippen molar-refractivity contribution >= 4 is 5.91 Å². The quantitative estimate of drug-likeness (QED) is 0.0865. The molecule has 2 saturated carbocycles. The number of aliphatic hydroxyl groups is 8. The van der Waals surface area contributed by atoms with E-state index in [-0.39, 0.29) is 38.9 Å². The van der Waals surface area contributed by atoms with Crippen LogP contribution in [0.4, 0.5) is 0 Å². The number of rotatable bonds is 13. The van der Waals surface area contributed by atoms with Gasteiger partial charge in [0.2, 0.25) is 0 Å². The second-order valence-corrected chi connectivity index (χ2v) is 12.6. The maximum Gasteiger partial charge on any atom is 0.253 e. The Morgan fingerprint density at radius 2 is 1.54 bits per heavy atom. The van der Waals surface area contributed by atoms with Gasteiger partial charge in [0, 0.05) is 31.6 Å². The molecule has 18 atom stereocenters. The fourth-order valence-electron chi connectivity index (χ4n) is 6.13. The number of nitrogens with one attached hydrogen (secondary N) is 2. The molecule has 0 aromatic rings. The molecule has 0 bridgehead atoms. The van der Waals surface area contributed by atoms with Crippen molar-refractivity contribution in [2.75, 3.05) is 26.2 Å². The molecular weight excluding hydrogens is 618 g/mol. The fraction of sp³-hybridized carbons (Fsp3) is 0.962. The maximum atomic E-state index is 12.9. The van der Waals surface area contributed by atoms with E-state index in [0.29, 0.717) is 0 Å². The largest absolute Gasteiger partial charge is 0.394 e. The summed E-state index contributed by atoms with van der Waals surface area (Å²) in [5.74, 6) is -0.846. The number of carbonyl (C=O) groups is 1. The van der Waals surface area contributed by atoms with Gasteiger partial charge >= 0.3 is 0 Å². The van der Waals surface area contributed by atoms with Gasteiger partial charge in [-0.05, 0) is 19.4 Å². The van der Waals surface area contributed by atoms with E-state index in [4.69, 9.17) is 47.6 Å². The summed E-state index contributed by atoms with van der Waals surface area (Å²) >= 11 is 0. The highest BCUT2D eigenvalue weighted by Crippen LogP contribution is 2.36. The zero-order valence-electron chi connectivity index (χ0n) is 25.3. The molecule has 2 saturated heterocycles. The van der Waals surface area contributed by atoms with Crippen molar-refractivity contribution in [3.63, 3.8) is 0 Å². The zero-order chi connectivity index (χ0) is 34.1. The van der Waals surface area contributed by atoms with Crippen molar-refractivity contribution in [3.05, 3.63) is 0 Å². The van der Waals surface area contributed by atoms with E-state index >= 15 is 0 Å². The third kappa shape index (κ3) is 7.80. The minimum atomic E-state index is -1.85. The lowest BCUT2D eigenvalue weighted by Crippen LogP contribution is -2.70. The number of carbonyl (C=O) groups excluding carboxylic acids is 1. The molecule has 18 unspecified atom stereocenters. The Labute approximate surface area is 265 Å². The molecule has 20 N–H and O–H groups in total. The third-order valence-corrected chi connectivity index (χ3v) is 9.25. The van der Waals surface area contributed by atoms with Gasteiger partial charge in [-0.25, -0.2) is 0 Å². The number of nitrogens with two attached hydrogens (primary N) is 5. The highest BCUT2D eigenvalue weighted by molar-refractivity contribution is 5.89. The second-order valence-electron chi connectivity index (χ2n) is 12.6. The van der Waals surface area contributed by atoms with Gasteiger partial charge in [0.15, 0.2) is 18.2 Å². The Kier molecular flexibility index (Phi) is 12.7. The molecule has 0 spiro atoms. The molecule has 0 aromatic heterocycles. The average molecular weight is 670 g/mol. The van der Waals surface area contributed by atoms with Crippen LogP contribution < -0.4 is 39.3 Å². The second kappa shape index (κ2) is 15.5. The van der Waals surface area contributed by atoms with Crippen LogP contribution in [-0.2, 0) is 23.7 Å². The van der Waals surface area contributed by atoms with Crippen LogP contribution in [0.25, 0.3) is 0 Å². The summed E-state index contributed by atoms with van der Waals surface area (Å²) in [6.07, 6.45) is -16.7. The first-order valence-electron chi connectivity index (χ1n) is 15.4. The van der Waals surface area contributed by atoms with Gasteiger partial charge in [0.05, 0.1) is 30.8 Å². The summed E-state index contributed by atoms with van der Waals surface area (Å²) in [6, 6.07) is -5.44. The molecular formula is C26H51N7O13. The normalized spacial score (nSPS) is 48.5. The first kappa shape index (κ1) is 37.6. The summed E-state index contributed by atoms with van der Waals surface area (Å²) in [7, 11) is 0. The minimum Gasteiger partial charge on any atom is -0.394 e. The number of hydrogen-bond donors (Lipinski definition) is 15. The number of ether oxygens (including phenoxy) is 4. The summed E-state index contributed by atoms with van der Waals surface area (Å²) in [5.41, 5.74) is 27.5. The first-order chi connectivity index (χ1) is 21.7. The van der Waals surface area contributed by atoms with Gasteiger partial charge in [0.1, 0.15) is 54.9 Å². The van der Waals surface area contributed by atoms with Crippen LogP contribution in [0.1, 0.15) is 19.3 Å². The van der Waals surface area contributed by atoms with E-state index in [1.807, 2.05) is 0 Å². The molecule has 4 fully saturated rings. The molecule has 20 heteroatoms. The lowest BCUT2D eigenvalue weighted by molar-refractivity contribution is -0.321. The van der Waals surface area contributed by atoms with Crippen LogP contribution in [0.3, 0.4) is 0 Å². The summed E-state index contributed by atoms with van der Waals surface area (Å²) in [5, 5.41) is 89.9. The number of hydrogen-bond acceptors (Lipinski definition) is 19. The minimum absolute atomic E-state index is 0.00331. The number of aliphatic hydroxyl groups excluding tert-OH is 7. The van der Waals surface area contributed by atoms with Gasteiger partial charge < -0.3 is 99.1 Å². The smallest absolute Gasteiger partial charge is 0.253 e. The predicted molar refractivity (Wildman–Crippen MR) is 155 cm³/mol. The van der Waals surface area contributed by atoms with Crippen LogP contribution in [0.15, 0.2) is 0 Å². The summed E-state index contributed by atoms with van der Waals surface area (Å²) in [6.45, 7) is -0.764. The topological polar surface area (TPSA) is 370 Å².